The molecule has 0 N–H and O–H groups in total. The maximum atomic E-state index is 5.93. The van der Waals surface area contributed by atoms with Crippen LogP contribution in [-0.4, -0.2) is 61.0 Å². The zero-order valence-electron chi connectivity index (χ0n) is 14.1. The molecule has 3 rings (SSSR count). The fourth-order valence-electron chi connectivity index (χ4n) is 2.93. The molecule has 2 heterocycles. The van der Waals surface area contributed by atoms with Gasteiger partial charge in [-0.15, -0.1) is 10.2 Å². The Morgan fingerprint density at radius 1 is 1.25 bits per heavy atom. The van der Waals surface area contributed by atoms with E-state index in [0.29, 0.717) is 6.04 Å². The van der Waals surface area contributed by atoms with E-state index >= 15 is 0 Å². The summed E-state index contributed by atoms with van der Waals surface area (Å²) in [5.41, 5.74) is 1.21. The fourth-order valence-corrected chi connectivity index (χ4v) is 3.96. The first kappa shape index (κ1) is 17.6. The summed E-state index contributed by atoms with van der Waals surface area (Å²) in [6, 6.07) is 8.41. The number of halogens is 1. The Morgan fingerprint density at radius 2 is 2.04 bits per heavy atom. The Hall–Kier alpha value is -1.21. The number of methoxy groups -OCH3 is 1. The first-order valence-corrected chi connectivity index (χ1v) is 9.40. The summed E-state index contributed by atoms with van der Waals surface area (Å²) in [7, 11) is 1.75. The van der Waals surface area contributed by atoms with Gasteiger partial charge in [0.05, 0.1) is 6.61 Å². The molecular formula is C17H23ClN4OS. The minimum Gasteiger partial charge on any atom is -0.383 e. The highest BCUT2D eigenvalue weighted by Crippen LogP contribution is 2.25. The third kappa shape index (κ3) is 4.45. The number of piperazine rings is 1. The predicted molar refractivity (Wildman–Crippen MR) is 99.3 cm³/mol. The maximum Gasteiger partial charge on any atom is 0.208 e. The van der Waals surface area contributed by atoms with Crippen molar-refractivity contribution >= 4 is 28.1 Å². The second kappa shape index (κ2) is 8.25. The van der Waals surface area contributed by atoms with Gasteiger partial charge in [-0.1, -0.05) is 35.1 Å². The maximum absolute atomic E-state index is 5.93. The predicted octanol–water partition coefficient (Wildman–Crippen LogP) is 2.94. The van der Waals surface area contributed by atoms with Gasteiger partial charge in [-0.25, -0.2) is 0 Å². The molecule has 1 aliphatic rings. The lowest BCUT2D eigenvalue weighted by molar-refractivity contribution is 0.117. The smallest absolute Gasteiger partial charge is 0.208 e. The van der Waals surface area contributed by atoms with E-state index < -0.39 is 0 Å². The average Bonchev–Trinajstić information content (AvgIpc) is 3.04. The van der Waals surface area contributed by atoms with E-state index in [0.717, 1.165) is 54.4 Å². The number of aromatic nitrogens is 2. The Kier molecular flexibility index (Phi) is 6.05. The van der Waals surface area contributed by atoms with Gasteiger partial charge < -0.3 is 9.64 Å². The molecule has 5 nitrogen and oxygen atoms in total. The second-order valence-corrected chi connectivity index (χ2v) is 7.58. The Balaban J connectivity index is 1.58. The van der Waals surface area contributed by atoms with Gasteiger partial charge in [0, 0.05) is 50.8 Å². The number of ether oxygens (including phenoxy) is 1. The SMILES string of the molecule is COCCN1CCN(c2nnc(Cc3ccc(Cl)cc3)s2)CC1C. The van der Waals surface area contributed by atoms with Crippen LogP contribution in [0.1, 0.15) is 17.5 Å². The van der Waals surface area contributed by atoms with Crippen molar-refractivity contribution in [2.75, 3.05) is 44.8 Å². The van der Waals surface area contributed by atoms with Gasteiger partial charge in [0.2, 0.25) is 5.13 Å². The van der Waals surface area contributed by atoms with Crippen LogP contribution in [0.4, 0.5) is 5.13 Å². The van der Waals surface area contributed by atoms with E-state index in [9.17, 15) is 0 Å². The van der Waals surface area contributed by atoms with Crippen LogP contribution in [0.15, 0.2) is 24.3 Å². The van der Waals surface area contributed by atoms with Crippen molar-refractivity contribution in [1.82, 2.24) is 15.1 Å². The molecule has 1 atom stereocenters. The molecule has 1 aromatic carbocycles. The monoisotopic (exact) mass is 366 g/mol. The van der Waals surface area contributed by atoms with Gasteiger partial charge in [0.1, 0.15) is 5.01 Å². The number of anilines is 1. The third-order valence-corrected chi connectivity index (χ3v) is 5.58. The summed E-state index contributed by atoms with van der Waals surface area (Å²) < 4.78 is 5.19. The van der Waals surface area contributed by atoms with Crippen molar-refractivity contribution in [2.45, 2.75) is 19.4 Å². The zero-order chi connectivity index (χ0) is 16.9. The summed E-state index contributed by atoms with van der Waals surface area (Å²) in [6.45, 7) is 7.05. The molecule has 0 radical (unpaired) electrons. The fraction of sp³-hybridized carbons (Fsp3) is 0.529. The van der Waals surface area contributed by atoms with Crippen molar-refractivity contribution in [1.29, 1.82) is 0 Å². The topological polar surface area (TPSA) is 41.5 Å². The van der Waals surface area contributed by atoms with Crippen LogP contribution in [0.3, 0.4) is 0 Å². The lowest BCUT2D eigenvalue weighted by Gasteiger charge is -2.39. The van der Waals surface area contributed by atoms with E-state index in [1.54, 1.807) is 18.4 Å². The molecule has 1 aromatic heterocycles. The molecule has 7 heteroatoms. The minimum absolute atomic E-state index is 0.498. The number of hydrogen-bond donors (Lipinski definition) is 0. The molecule has 0 spiro atoms. The van der Waals surface area contributed by atoms with Crippen LogP contribution in [0, 0.1) is 0 Å². The Morgan fingerprint density at radius 3 is 2.75 bits per heavy atom. The highest BCUT2D eigenvalue weighted by Gasteiger charge is 2.25. The molecule has 130 valence electrons. The molecule has 0 saturated carbocycles. The number of nitrogens with zero attached hydrogens (tertiary/aromatic N) is 4. The highest BCUT2D eigenvalue weighted by atomic mass is 35.5. The highest BCUT2D eigenvalue weighted by molar-refractivity contribution is 7.15. The van der Waals surface area contributed by atoms with E-state index in [1.807, 2.05) is 24.3 Å². The molecule has 24 heavy (non-hydrogen) atoms. The van der Waals surface area contributed by atoms with Gasteiger partial charge >= 0.3 is 0 Å². The summed E-state index contributed by atoms with van der Waals surface area (Å²) in [5, 5.41) is 11.6. The van der Waals surface area contributed by atoms with Gasteiger partial charge in [-0.3, -0.25) is 4.90 Å². The van der Waals surface area contributed by atoms with Crippen molar-refractivity contribution in [2.24, 2.45) is 0 Å². The number of hydrogen-bond acceptors (Lipinski definition) is 6. The van der Waals surface area contributed by atoms with E-state index in [1.165, 1.54) is 5.56 Å². The molecule has 2 aromatic rings. The van der Waals surface area contributed by atoms with Crippen LogP contribution in [0.2, 0.25) is 5.02 Å². The van der Waals surface area contributed by atoms with Crippen LogP contribution in [-0.2, 0) is 11.2 Å². The van der Waals surface area contributed by atoms with Gasteiger partial charge in [-0.2, -0.15) is 0 Å². The molecule has 1 aliphatic heterocycles. The molecule has 1 saturated heterocycles. The van der Waals surface area contributed by atoms with Gasteiger partial charge in [0.25, 0.3) is 0 Å². The molecule has 0 bridgehead atoms. The first-order valence-electron chi connectivity index (χ1n) is 8.20. The Labute approximate surface area is 152 Å². The van der Waals surface area contributed by atoms with Crippen LogP contribution >= 0.6 is 22.9 Å². The van der Waals surface area contributed by atoms with E-state index in [4.69, 9.17) is 16.3 Å². The van der Waals surface area contributed by atoms with Gasteiger partial charge in [0.15, 0.2) is 0 Å². The van der Waals surface area contributed by atoms with Crippen LogP contribution in [0.5, 0.6) is 0 Å². The molecule has 1 unspecified atom stereocenters. The Bertz CT molecular complexity index is 648. The summed E-state index contributed by atoms with van der Waals surface area (Å²) in [4.78, 5) is 4.81. The van der Waals surface area contributed by atoms with Crippen molar-refractivity contribution in [3.05, 3.63) is 39.9 Å². The quantitative estimate of drug-likeness (QED) is 0.786. The summed E-state index contributed by atoms with van der Waals surface area (Å²) >= 11 is 7.62. The van der Waals surface area contributed by atoms with Crippen molar-refractivity contribution in [3.8, 4) is 0 Å². The molecule has 0 amide bonds. The number of rotatable bonds is 6. The molecule has 0 aliphatic carbocycles. The average molecular weight is 367 g/mol. The first-order chi connectivity index (χ1) is 11.7. The van der Waals surface area contributed by atoms with Crippen LogP contribution in [0.25, 0.3) is 0 Å². The lowest BCUT2D eigenvalue weighted by Crippen LogP contribution is -2.52. The van der Waals surface area contributed by atoms with Crippen molar-refractivity contribution in [3.63, 3.8) is 0 Å². The molecular weight excluding hydrogens is 344 g/mol. The molecule has 1 fully saturated rings. The zero-order valence-corrected chi connectivity index (χ0v) is 15.7. The van der Waals surface area contributed by atoms with E-state index in [2.05, 4.69) is 26.9 Å². The van der Waals surface area contributed by atoms with Crippen LogP contribution < -0.4 is 4.90 Å². The largest absolute Gasteiger partial charge is 0.383 e. The van der Waals surface area contributed by atoms with Crippen molar-refractivity contribution < 1.29 is 4.74 Å². The summed E-state index contributed by atoms with van der Waals surface area (Å²) in [5.74, 6) is 0. The summed E-state index contributed by atoms with van der Waals surface area (Å²) in [6.07, 6.45) is 0.804. The number of benzene rings is 1. The minimum atomic E-state index is 0.498. The normalized spacial score (nSPS) is 19.0. The standard InChI is InChI=1S/C17H23ClN4OS/c1-13-12-22(8-7-21(13)9-10-23-2)17-20-19-16(24-17)11-14-3-5-15(18)6-4-14/h3-6,13H,7-12H2,1-2H3. The van der Waals surface area contributed by atoms with Gasteiger partial charge in [-0.05, 0) is 24.6 Å². The second-order valence-electron chi connectivity index (χ2n) is 6.11. The lowest BCUT2D eigenvalue weighted by atomic mass is 10.2. The third-order valence-electron chi connectivity index (χ3n) is 4.34. The van der Waals surface area contributed by atoms with E-state index in [-0.39, 0.29) is 0 Å².